The second-order valence-electron chi connectivity index (χ2n) is 15.9. The minimum atomic E-state index is 0.584. The number of fused-ring (bicyclic) bond motifs is 9. The first-order valence-corrected chi connectivity index (χ1v) is 21.9. The van der Waals surface area contributed by atoms with Crippen LogP contribution in [0.4, 0.5) is 0 Å². The highest BCUT2D eigenvalue weighted by molar-refractivity contribution is 7.26. The van der Waals surface area contributed by atoms with E-state index in [4.69, 9.17) is 19.4 Å². The molecule has 5 nitrogen and oxygen atoms in total. The van der Waals surface area contributed by atoms with Crippen molar-refractivity contribution in [1.82, 2.24) is 19.5 Å². The molecular formula is C57H34N4OS. The van der Waals surface area contributed by atoms with Gasteiger partial charge in [-0.05, 0) is 70.8 Å². The standard InChI is InChI=1S/C57H34N4OS/c1-3-14-35(15-4-1)37-18-11-19-38(32-37)41-22-13-27-51-53(41)46-31-29-40(34-52(46)63-51)57-59-55(36-16-5-2-6-17-36)58-56(60-57)39-28-30-44-45-23-12-26-49(54(45)62-50(44)33-39)61-47-24-9-7-20-42(47)43-21-8-10-25-48(43)61/h1-34H. The number of rotatable bonds is 6. The van der Waals surface area contributed by atoms with Crippen LogP contribution in [-0.4, -0.2) is 19.5 Å². The lowest BCUT2D eigenvalue weighted by Crippen LogP contribution is -2.00. The summed E-state index contributed by atoms with van der Waals surface area (Å²) in [6.45, 7) is 0. The fourth-order valence-electron chi connectivity index (χ4n) is 9.33. The summed E-state index contributed by atoms with van der Waals surface area (Å²) >= 11 is 1.80. The van der Waals surface area contributed by atoms with Crippen molar-refractivity contribution >= 4 is 75.3 Å². The summed E-state index contributed by atoms with van der Waals surface area (Å²) in [6, 6.07) is 72.6. The van der Waals surface area contributed by atoms with Gasteiger partial charge in [0.1, 0.15) is 5.58 Å². The zero-order valence-electron chi connectivity index (χ0n) is 33.7. The first-order chi connectivity index (χ1) is 31.2. The Morgan fingerprint density at radius 2 is 0.937 bits per heavy atom. The monoisotopic (exact) mass is 822 g/mol. The van der Waals surface area contributed by atoms with E-state index in [1.807, 2.05) is 30.3 Å². The Morgan fingerprint density at radius 1 is 0.365 bits per heavy atom. The normalized spacial score (nSPS) is 11.8. The number of benzene rings is 9. The maximum atomic E-state index is 6.85. The molecule has 0 saturated heterocycles. The van der Waals surface area contributed by atoms with Crippen LogP contribution in [0, 0.1) is 0 Å². The molecule has 0 N–H and O–H groups in total. The predicted molar refractivity (Wildman–Crippen MR) is 262 cm³/mol. The third-order valence-electron chi connectivity index (χ3n) is 12.3. The summed E-state index contributed by atoms with van der Waals surface area (Å²) in [5.41, 5.74) is 12.4. The third-order valence-corrected chi connectivity index (χ3v) is 13.4. The smallest absolute Gasteiger partial charge is 0.164 e. The molecule has 0 radical (unpaired) electrons. The van der Waals surface area contributed by atoms with E-state index >= 15 is 0 Å². The molecule has 4 aromatic heterocycles. The second kappa shape index (κ2) is 14.2. The average Bonchev–Trinajstić information content (AvgIpc) is 4.04. The molecule has 0 aliphatic heterocycles. The van der Waals surface area contributed by atoms with Crippen LogP contribution in [0.1, 0.15) is 0 Å². The van der Waals surface area contributed by atoms with Crippen molar-refractivity contribution < 1.29 is 4.42 Å². The van der Waals surface area contributed by atoms with Crippen LogP contribution in [0.15, 0.2) is 211 Å². The van der Waals surface area contributed by atoms with Gasteiger partial charge in [0.2, 0.25) is 0 Å². The van der Waals surface area contributed by atoms with Crippen molar-refractivity contribution in [3.8, 4) is 62.1 Å². The fourth-order valence-corrected chi connectivity index (χ4v) is 10.5. The Morgan fingerprint density at radius 3 is 1.68 bits per heavy atom. The van der Waals surface area contributed by atoms with Crippen LogP contribution < -0.4 is 0 Å². The van der Waals surface area contributed by atoms with Gasteiger partial charge in [-0.3, -0.25) is 0 Å². The van der Waals surface area contributed by atoms with Gasteiger partial charge in [0.25, 0.3) is 0 Å². The summed E-state index contributed by atoms with van der Waals surface area (Å²) in [4.78, 5) is 15.4. The molecule has 0 bridgehead atoms. The van der Waals surface area contributed by atoms with E-state index < -0.39 is 0 Å². The van der Waals surface area contributed by atoms with Crippen LogP contribution in [-0.2, 0) is 0 Å². The number of hydrogen-bond donors (Lipinski definition) is 0. The van der Waals surface area contributed by atoms with E-state index in [-0.39, 0.29) is 0 Å². The van der Waals surface area contributed by atoms with Crippen molar-refractivity contribution in [1.29, 1.82) is 0 Å². The Balaban J connectivity index is 0.938. The number of thiophene rings is 1. The molecule has 6 heteroatoms. The maximum Gasteiger partial charge on any atom is 0.164 e. The summed E-state index contributed by atoms with van der Waals surface area (Å²) in [5.74, 6) is 1.82. The van der Waals surface area contributed by atoms with Crippen molar-refractivity contribution in [3.63, 3.8) is 0 Å². The topological polar surface area (TPSA) is 56.7 Å². The molecule has 0 fully saturated rings. The van der Waals surface area contributed by atoms with E-state index in [0.29, 0.717) is 17.5 Å². The lowest BCUT2D eigenvalue weighted by atomic mass is 9.96. The number of para-hydroxylation sites is 3. The molecule has 0 amide bonds. The fraction of sp³-hybridized carbons (Fsp3) is 0. The van der Waals surface area contributed by atoms with E-state index in [1.54, 1.807) is 11.3 Å². The molecule has 13 aromatic rings. The van der Waals surface area contributed by atoms with Crippen molar-refractivity contribution in [3.05, 3.63) is 206 Å². The van der Waals surface area contributed by atoms with Crippen molar-refractivity contribution in [2.24, 2.45) is 0 Å². The van der Waals surface area contributed by atoms with Crippen LogP contribution in [0.3, 0.4) is 0 Å². The zero-order valence-corrected chi connectivity index (χ0v) is 34.6. The van der Waals surface area contributed by atoms with Crippen molar-refractivity contribution in [2.45, 2.75) is 0 Å². The number of nitrogens with zero attached hydrogens (tertiary/aromatic N) is 4. The van der Waals surface area contributed by atoms with E-state index in [9.17, 15) is 0 Å². The van der Waals surface area contributed by atoms with Gasteiger partial charge >= 0.3 is 0 Å². The minimum Gasteiger partial charge on any atom is -0.454 e. The van der Waals surface area contributed by atoms with Gasteiger partial charge in [-0.25, -0.2) is 15.0 Å². The quantitative estimate of drug-likeness (QED) is 0.168. The summed E-state index contributed by atoms with van der Waals surface area (Å²) in [5, 5.41) is 6.99. The maximum absolute atomic E-state index is 6.85. The average molecular weight is 823 g/mol. The molecule has 0 spiro atoms. The Bertz CT molecular complexity index is 3870. The number of aromatic nitrogens is 4. The van der Waals surface area contributed by atoms with Crippen LogP contribution in [0.5, 0.6) is 0 Å². The largest absolute Gasteiger partial charge is 0.454 e. The molecule has 13 rings (SSSR count). The number of furan rings is 1. The van der Waals surface area contributed by atoms with Crippen LogP contribution >= 0.6 is 11.3 Å². The van der Waals surface area contributed by atoms with Crippen molar-refractivity contribution in [2.75, 3.05) is 0 Å². The molecule has 0 aliphatic carbocycles. The van der Waals surface area contributed by atoms with Gasteiger partial charge in [-0.2, -0.15) is 0 Å². The Hall–Kier alpha value is -8.19. The van der Waals surface area contributed by atoms with Gasteiger partial charge in [0, 0.05) is 58.4 Å². The lowest BCUT2D eigenvalue weighted by Gasteiger charge is -2.09. The predicted octanol–water partition coefficient (Wildman–Crippen LogP) is 15.6. The van der Waals surface area contributed by atoms with E-state index in [2.05, 4.69) is 180 Å². The summed E-state index contributed by atoms with van der Waals surface area (Å²) in [7, 11) is 0. The molecule has 0 unspecified atom stereocenters. The molecule has 0 aliphatic rings. The van der Waals surface area contributed by atoms with Gasteiger partial charge in [0.05, 0.1) is 16.7 Å². The molecule has 0 saturated carbocycles. The Labute approximate surface area is 365 Å². The highest BCUT2D eigenvalue weighted by Crippen LogP contribution is 2.43. The first-order valence-electron chi connectivity index (χ1n) is 21.1. The third kappa shape index (κ3) is 5.80. The van der Waals surface area contributed by atoms with E-state index in [0.717, 1.165) is 55.3 Å². The summed E-state index contributed by atoms with van der Waals surface area (Å²) < 4.78 is 11.6. The van der Waals surface area contributed by atoms with Gasteiger partial charge in [0.15, 0.2) is 23.1 Å². The first kappa shape index (κ1) is 35.6. The highest BCUT2D eigenvalue weighted by Gasteiger charge is 2.20. The van der Waals surface area contributed by atoms with E-state index in [1.165, 1.54) is 53.2 Å². The molecule has 294 valence electrons. The van der Waals surface area contributed by atoms with Crippen LogP contribution in [0.2, 0.25) is 0 Å². The lowest BCUT2D eigenvalue weighted by molar-refractivity contribution is 0.666. The highest BCUT2D eigenvalue weighted by atomic mass is 32.1. The zero-order chi connectivity index (χ0) is 41.4. The molecule has 0 atom stereocenters. The molecule has 9 aromatic carbocycles. The molecular weight excluding hydrogens is 789 g/mol. The summed E-state index contributed by atoms with van der Waals surface area (Å²) in [6.07, 6.45) is 0. The van der Waals surface area contributed by atoms with Crippen LogP contribution in [0.25, 0.3) is 126 Å². The molecule has 4 heterocycles. The van der Waals surface area contributed by atoms with Gasteiger partial charge in [-0.15, -0.1) is 11.3 Å². The van der Waals surface area contributed by atoms with Gasteiger partial charge in [-0.1, -0.05) is 158 Å². The van der Waals surface area contributed by atoms with Gasteiger partial charge < -0.3 is 8.98 Å². The molecule has 63 heavy (non-hydrogen) atoms. The Kier molecular flexibility index (Phi) is 8.01. The number of hydrogen-bond acceptors (Lipinski definition) is 5. The second-order valence-corrected chi connectivity index (χ2v) is 17.0. The minimum absolute atomic E-state index is 0.584. The SMILES string of the molecule is c1ccc(-c2cccc(-c3cccc4sc5cc(-c6nc(-c7ccccc7)nc(-c7ccc8c(c7)oc7c(-n9c%10ccccc%10c%10ccccc%109)cccc78)n6)ccc5c34)c2)cc1.